The Kier molecular flexibility index (Phi) is 6.96. The van der Waals surface area contributed by atoms with Crippen LogP contribution in [0.1, 0.15) is 29.6 Å². The van der Waals surface area contributed by atoms with Crippen LogP contribution in [-0.2, 0) is 9.47 Å². The number of hydrogen-bond donors (Lipinski definition) is 1. The molecule has 1 aliphatic rings. The molecule has 6 heteroatoms. The molecule has 1 saturated heterocycles. The van der Waals surface area contributed by atoms with Crippen LogP contribution < -0.4 is 10.1 Å². The Morgan fingerprint density at radius 1 is 1.50 bits per heavy atom. The summed E-state index contributed by atoms with van der Waals surface area (Å²) in [5.41, 5.74) is 0.440. The van der Waals surface area contributed by atoms with Crippen molar-refractivity contribution in [1.29, 1.82) is 0 Å². The fraction of sp³-hybridized carbons (Fsp3) is 0.562. The molecule has 0 saturated carbocycles. The largest absolute Gasteiger partial charge is 0.496 e. The smallest absolute Gasteiger partial charge is 0.255 e. The molecule has 0 aromatic heterocycles. The van der Waals surface area contributed by atoms with Gasteiger partial charge < -0.3 is 19.5 Å². The maximum atomic E-state index is 12.1. The van der Waals surface area contributed by atoms with Gasteiger partial charge in [0, 0.05) is 24.8 Å². The standard InChI is InChI=1S/C16H22ClNO4/c1-20-15-6-5-12(17)10-14(15)16(19)18-7-3-8-21-11-13-4-2-9-22-13/h5-6,10,13H,2-4,7-9,11H2,1H3,(H,18,19). The SMILES string of the molecule is COc1ccc(Cl)cc1C(=O)NCCCOCC1CCCO1. The zero-order valence-corrected chi connectivity index (χ0v) is 13.5. The van der Waals surface area contributed by atoms with Crippen molar-refractivity contribution in [3.63, 3.8) is 0 Å². The molecule has 1 fully saturated rings. The van der Waals surface area contributed by atoms with Gasteiger partial charge in [-0.2, -0.15) is 0 Å². The summed E-state index contributed by atoms with van der Waals surface area (Å²) in [6.07, 6.45) is 3.18. The number of rotatable bonds is 8. The van der Waals surface area contributed by atoms with Crippen molar-refractivity contribution < 1.29 is 19.0 Å². The van der Waals surface area contributed by atoms with Gasteiger partial charge >= 0.3 is 0 Å². The van der Waals surface area contributed by atoms with Crippen LogP contribution in [0.2, 0.25) is 5.02 Å². The Hall–Kier alpha value is -1.30. The summed E-state index contributed by atoms with van der Waals surface area (Å²) < 4.78 is 16.2. The third-order valence-corrected chi connectivity index (χ3v) is 3.72. The molecule has 1 aliphatic heterocycles. The van der Waals surface area contributed by atoms with Crippen molar-refractivity contribution in [2.24, 2.45) is 0 Å². The van der Waals surface area contributed by atoms with E-state index in [1.807, 2.05) is 0 Å². The van der Waals surface area contributed by atoms with Crippen molar-refractivity contribution in [3.05, 3.63) is 28.8 Å². The van der Waals surface area contributed by atoms with E-state index in [4.69, 9.17) is 25.8 Å². The van der Waals surface area contributed by atoms with Crippen molar-refractivity contribution in [2.45, 2.75) is 25.4 Å². The van der Waals surface area contributed by atoms with Gasteiger partial charge in [-0.1, -0.05) is 11.6 Å². The molecule has 22 heavy (non-hydrogen) atoms. The second-order valence-electron chi connectivity index (χ2n) is 5.16. The van der Waals surface area contributed by atoms with Crippen LogP contribution >= 0.6 is 11.6 Å². The second-order valence-corrected chi connectivity index (χ2v) is 5.60. The minimum absolute atomic E-state index is 0.196. The average Bonchev–Trinajstić information content (AvgIpc) is 3.03. The maximum absolute atomic E-state index is 12.1. The number of nitrogens with one attached hydrogen (secondary N) is 1. The van der Waals surface area contributed by atoms with Gasteiger partial charge in [0.25, 0.3) is 5.91 Å². The molecule has 1 aromatic rings. The molecule has 1 unspecified atom stereocenters. The zero-order chi connectivity index (χ0) is 15.8. The molecule has 5 nitrogen and oxygen atoms in total. The van der Waals surface area contributed by atoms with E-state index in [1.165, 1.54) is 7.11 Å². The van der Waals surface area contributed by atoms with Gasteiger partial charge in [0.1, 0.15) is 5.75 Å². The monoisotopic (exact) mass is 327 g/mol. The Morgan fingerprint density at radius 2 is 2.36 bits per heavy atom. The van der Waals surface area contributed by atoms with Crippen LogP contribution in [-0.4, -0.2) is 45.5 Å². The number of amides is 1. The van der Waals surface area contributed by atoms with Gasteiger partial charge in [0.2, 0.25) is 0 Å². The first-order valence-corrected chi connectivity index (χ1v) is 7.89. The first-order valence-electron chi connectivity index (χ1n) is 7.52. The maximum Gasteiger partial charge on any atom is 0.255 e. The minimum Gasteiger partial charge on any atom is -0.496 e. The molecule has 1 amide bonds. The second kappa shape index (κ2) is 8.98. The average molecular weight is 328 g/mol. The summed E-state index contributed by atoms with van der Waals surface area (Å²) in [5, 5.41) is 3.35. The molecule has 0 aliphatic carbocycles. The van der Waals surface area contributed by atoms with Crippen molar-refractivity contribution >= 4 is 17.5 Å². The summed E-state index contributed by atoms with van der Waals surface area (Å²) >= 11 is 5.92. The summed E-state index contributed by atoms with van der Waals surface area (Å²) in [5.74, 6) is 0.315. The van der Waals surface area contributed by atoms with Gasteiger partial charge in [0.15, 0.2) is 0 Å². The van der Waals surface area contributed by atoms with Gasteiger partial charge in [0.05, 0.1) is 25.4 Å². The lowest BCUT2D eigenvalue weighted by atomic mass is 10.2. The number of carbonyl (C=O) groups excluding carboxylic acids is 1. The lowest BCUT2D eigenvalue weighted by Crippen LogP contribution is -2.26. The van der Waals surface area contributed by atoms with E-state index < -0.39 is 0 Å². The highest BCUT2D eigenvalue weighted by molar-refractivity contribution is 6.31. The minimum atomic E-state index is -0.196. The van der Waals surface area contributed by atoms with Crippen molar-refractivity contribution in [2.75, 3.05) is 33.5 Å². The van der Waals surface area contributed by atoms with Crippen molar-refractivity contribution in [3.8, 4) is 5.75 Å². The Balaban J connectivity index is 1.66. The molecule has 1 heterocycles. The fourth-order valence-corrected chi connectivity index (χ4v) is 2.49. The molecular formula is C16H22ClNO4. The normalized spacial score (nSPS) is 17.5. The highest BCUT2D eigenvalue weighted by atomic mass is 35.5. The molecule has 1 atom stereocenters. The Morgan fingerprint density at radius 3 is 3.09 bits per heavy atom. The number of methoxy groups -OCH3 is 1. The third-order valence-electron chi connectivity index (χ3n) is 3.48. The summed E-state index contributed by atoms with van der Waals surface area (Å²) in [4.78, 5) is 12.1. The van der Waals surface area contributed by atoms with E-state index in [0.717, 1.165) is 25.9 Å². The van der Waals surface area contributed by atoms with Crippen LogP contribution in [0, 0.1) is 0 Å². The van der Waals surface area contributed by atoms with Crippen LogP contribution in [0.15, 0.2) is 18.2 Å². The van der Waals surface area contributed by atoms with Gasteiger partial charge in [-0.25, -0.2) is 0 Å². The molecular weight excluding hydrogens is 306 g/mol. The molecule has 0 bridgehead atoms. The fourth-order valence-electron chi connectivity index (χ4n) is 2.32. The first-order chi connectivity index (χ1) is 10.7. The lowest BCUT2D eigenvalue weighted by Gasteiger charge is -2.11. The van der Waals surface area contributed by atoms with E-state index in [0.29, 0.717) is 36.1 Å². The molecule has 1 aromatic carbocycles. The highest BCUT2D eigenvalue weighted by Crippen LogP contribution is 2.22. The van der Waals surface area contributed by atoms with Gasteiger partial charge in [-0.3, -0.25) is 4.79 Å². The number of benzene rings is 1. The quantitative estimate of drug-likeness (QED) is 0.746. The Labute approximate surface area is 135 Å². The summed E-state index contributed by atoms with van der Waals surface area (Å²) in [6, 6.07) is 4.97. The predicted octanol–water partition coefficient (Wildman–Crippen LogP) is 2.66. The molecule has 0 spiro atoms. The van der Waals surface area contributed by atoms with Crippen LogP contribution in [0.25, 0.3) is 0 Å². The number of ether oxygens (including phenoxy) is 3. The molecule has 0 radical (unpaired) electrons. The van der Waals surface area contributed by atoms with E-state index in [-0.39, 0.29) is 12.0 Å². The summed E-state index contributed by atoms with van der Waals surface area (Å²) in [7, 11) is 1.53. The van der Waals surface area contributed by atoms with E-state index in [9.17, 15) is 4.79 Å². The van der Waals surface area contributed by atoms with Crippen LogP contribution in [0.5, 0.6) is 5.75 Å². The van der Waals surface area contributed by atoms with Crippen LogP contribution in [0.3, 0.4) is 0 Å². The lowest BCUT2D eigenvalue weighted by molar-refractivity contribution is 0.0166. The molecule has 1 N–H and O–H groups in total. The Bertz CT molecular complexity index is 489. The van der Waals surface area contributed by atoms with E-state index in [2.05, 4.69) is 5.32 Å². The predicted molar refractivity (Wildman–Crippen MR) is 84.7 cm³/mol. The molecule has 122 valence electrons. The number of hydrogen-bond acceptors (Lipinski definition) is 4. The zero-order valence-electron chi connectivity index (χ0n) is 12.8. The third kappa shape index (κ3) is 5.16. The van der Waals surface area contributed by atoms with Crippen molar-refractivity contribution in [1.82, 2.24) is 5.32 Å². The van der Waals surface area contributed by atoms with E-state index >= 15 is 0 Å². The summed E-state index contributed by atoms with van der Waals surface area (Å²) in [6.45, 7) is 2.62. The molecule has 2 rings (SSSR count). The number of halogens is 1. The highest BCUT2D eigenvalue weighted by Gasteiger charge is 2.15. The van der Waals surface area contributed by atoms with Crippen LogP contribution in [0.4, 0.5) is 0 Å². The topological polar surface area (TPSA) is 56.8 Å². The number of carbonyl (C=O) groups is 1. The first kappa shape index (κ1) is 17.1. The van der Waals surface area contributed by atoms with Gasteiger partial charge in [-0.05, 0) is 37.5 Å². The van der Waals surface area contributed by atoms with Gasteiger partial charge in [-0.15, -0.1) is 0 Å². The van der Waals surface area contributed by atoms with E-state index in [1.54, 1.807) is 18.2 Å².